The van der Waals surface area contributed by atoms with Gasteiger partial charge in [-0.2, -0.15) is 0 Å². The van der Waals surface area contributed by atoms with Gasteiger partial charge < -0.3 is 27.9 Å². The Labute approximate surface area is 259 Å². The number of hydrogen-bond acceptors (Lipinski definition) is 6. The second kappa shape index (κ2) is 9.15. The number of benzene rings is 2. The fourth-order valence-electron chi connectivity index (χ4n) is 10.5. The molecule has 6 aliphatic heterocycles. The molecule has 1 unspecified atom stereocenters. The summed E-state index contributed by atoms with van der Waals surface area (Å²) in [5, 5.41) is 0. The van der Waals surface area contributed by atoms with Crippen LogP contribution in [-0.2, 0) is 34.0 Å². The normalized spacial score (nSPS) is 44.5. The van der Waals surface area contributed by atoms with Crippen molar-refractivity contribution in [2.75, 3.05) is 28.2 Å². The molecule has 1 aliphatic carbocycles. The molecule has 0 amide bonds. The Morgan fingerprint density at radius 1 is 0.705 bits per heavy atom. The molecule has 9 rings (SSSR count). The van der Waals surface area contributed by atoms with Crippen LogP contribution in [0.4, 0.5) is 0 Å². The molecule has 6 saturated heterocycles. The molecule has 2 aromatic rings. The topological polar surface area (TPSA) is 77.7 Å². The largest absolute Gasteiger partial charge is 0.461 e. The zero-order valence-electron chi connectivity index (χ0n) is 26.1. The quantitative estimate of drug-likeness (QED) is 0.297. The van der Waals surface area contributed by atoms with E-state index in [0.717, 1.165) is 51.3 Å². The van der Waals surface area contributed by atoms with Crippen molar-refractivity contribution in [1.29, 1.82) is 0 Å². The van der Waals surface area contributed by atoms with Gasteiger partial charge in [-0.05, 0) is 29.5 Å². The van der Waals surface area contributed by atoms with Crippen LogP contribution < -0.4 is 0 Å². The summed E-state index contributed by atoms with van der Waals surface area (Å²) < 4.78 is 26.7. The van der Waals surface area contributed by atoms with Crippen molar-refractivity contribution in [1.82, 2.24) is 0 Å². The van der Waals surface area contributed by atoms with Gasteiger partial charge in [-0.25, -0.2) is 0 Å². The predicted octanol–water partition coefficient (Wildman–Crippen LogP) is 3.45. The van der Waals surface area contributed by atoms with E-state index in [4.69, 9.17) is 18.9 Å². The molecular weight excluding hydrogens is 556 g/mol. The van der Waals surface area contributed by atoms with Crippen molar-refractivity contribution in [2.24, 2.45) is 0 Å². The number of fused-ring (bicyclic) bond motifs is 11. The molecule has 8 nitrogen and oxygen atoms in total. The molecule has 0 radical (unpaired) electrons. The van der Waals surface area contributed by atoms with Gasteiger partial charge in [0.05, 0.1) is 34.1 Å². The first-order valence-corrected chi connectivity index (χ1v) is 16.6. The van der Waals surface area contributed by atoms with E-state index in [-0.39, 0.29) is 24.1 Å². The van der Waals surface area contributed by atoms with E-state index < -0.39 is 11.3 Å². The lowest BCUT2D eigenvalue weighted by Gasteiger charge is -2.46. The summed E-state index contributed by atoms with van der Waals surface area (Å²) in [7, 11) is 9.16. The van der Waals surface area contributed by atoms with Crippen molar-refractivity contribution >= 4 is 11.9 Å². The summed E-state index contributed by atoms with van der Waals surface area (Å²) in [6.07, 6.45) is 5.38. The molecule has 4 bridgehead atoms. The Morgan fingerprint density at radius 2 is 1.20 bits per heavy atom. The van der Waals surface area contributed by atoms with Gasteiger partial charge in [-0.1, -0.05) is 54.6 Å². The van der Waals surface area contributed by atoms with Crippen LogP contribution in [0.2, 0.25) is 0 Å². The van der Waals surface area contributed by atoms with Crippen LogP contribution in [0.1, 0.15) is 61.1 Å². The number of ether oxygens (including phenoxy) is 4. The third-order valence-electron chi connectivity index (χ3n) is 13.1. The van der Waals surface area contributed by atoms with Crippen molar-refractivity contribution in [2.45, 2.75) is 111 Å². The average Bonchev–Trinajstić information content (AvgIpc) is 3.91. The van der Waals surface area contributed by atoms with Crippen LogP contribution in [0, 0.1) is 0 Å². The number of esters is 2. The van der Waals surface area contributed by atoms with E-state index in [1.165, 1.54) is 0 Å². The third-order valence-corrected chi connectivity index (χ3v) is 13.1. The van der Waals surface area contributed by atoms with Gasteiger partial charge in [-0.15, -0.1) is 0 Å². The minimum atomic E-state index is -0.973. The second-order valence-electron chi connectivity index (χ2n) is 15.6. The Hall–Kier alpha value is -2.78. The minimum Gasteiger partial charge on any atom is -0.461 e. The van der Waals surface area contributed by atoms with Gasteiger partial charge in [0.15, 0.2) is 0 Å². The number of nitrogens with zero attached hydrogens (tertiary/aromatic N) is 2. The number of morpholine rings is 2. The van der Waals surface area contributed by atoms with Gasteiger partial charge in [0.25, 0.3) is 0 Å². The van der Waals surface area contributed by atoms with Crippen molar-refractivity contribution in [3.05, 3.63) is 71.3 Å². The highest BCUT2D eigenvalue weighted by Gasteiger charge is 2.72. The van der Waals surface area contributed by atoms with Crippen LogP contribution >= 0.6 is 0 Å². The first-order chi connectivity index (χ1) is 21.1. The fourth-order valence-corrected chi connectivity index (χ4v) is 10.5. The summed E-state index contributed by atoms with van der Waals surface area (Å²) >= 11 is 0. The lowest BCUT2D eigenvalue weighted by Crippen LogP contribution is -2.60. The van der Waals surface area contributed by atoms with Crippen molar-refractivity contribution in [3.8, 4) is 0 Å². The van der Waals surface area contributed by atoms with E-state index >= 15 is 0 Å². The minimum absolute atomic E-state index is 0.0856. The van der Waals surface area contributed by atoms with Gasteiger partial charge in [0, 0.05) is 25.7 Å². The van der Waals surface area contributed by atoms with Crippen LogP contribution in [-0.4, -0.2) is 110 Å². The molecule has 0 N–H and O–H groups in total. The second-order valence-corrected chi connectivity index (χ2v) is 15.6. The molecule has 6 heterocycles. The zero-order valence-corrected chi connectivity index (χ0v) is 26.1. The van der Waals surface area contributed by atoms with Crippen LogP contribution in [0.25, 0.3) is 0 Å². The Bertz CT molecular complexity index is 1490. The van der Waals surface area contributed by atoms with Crippen molar-refractivity contribution in [3.63, 3.8) is 0 Å². The van der Waals surface area contributed by atoms with Crippen molar-refractivity contribution < 1.29 is 37.5 Å². The number of epoxide rings is 2. The summed E-state index contributed by atoms with van der Waals surface area (Å²) in [5.41, 5.74) is 1.72. The summed E-state index contributed by atoms with van der Waals surface area (Å²) in [5.74, 6) is -0.768. The van der Waals surface area contributed by atoms with Crippen LogP contribution in [0.5, 0.6) is 0 Å². The molecule has 11 atom stereocenters. The highest BCUT2D eigenvalue weighted by molar-refractivity contribution is 5.91. The summed E-state index contributed by atoms with van der Waals surface area (Å²) in [6, 6.07) is 19.5. The molecule has 7 aliphatic rings. The number of piperidine rings is 2. The summed E-state index contributed by atoms with van der Waals surface area (Å²) in [6.45, 7) is 0. The summed E-state index contributed by atoms with van der Waals surface area (Å²) in [4.78, 5) is 28.6. The van der Waals surface area contributed by atoms with Crippen LogP contribution in [0.15, 0.2) is 54.6 Å². The lowest BCUT2D eigenvalue weighted by atomic mass is 9.63. The van der Waals surface area contributed by atoms with E-state index in [1.807, 2.05) is 54.6 Å². The van der Waals surface area contributed by atoms with E-state index in [1.54, 1.807) is 0 Å². The monoisotopic (exact) mass is 600 g/mol. The average molecular weight is 601 g/mol. The third kappa shape index (κ3) is 3.71. The zero-order chi connectivity index (χ0) is 30.2. The number of rotatable bonds is 5. The molecule has 0 saturated carbocycles. The lowest BCUT2D eigenvalue weighted by molar-refractivity contribution is -0.938. The maximum Gasteiger partial charge on any atom is 0.321 e. The number of carbonyl (C=O) groups excluding carboxylic acids is 2. The Kier molecular flexibility index (Phi) is 5.72. The first kappa shape index (κ1) is 27.5. The smallest absolute Gasteiger partial charge is 0.321 e. The first-order valence-electron chi connectivity index (χ1n) is 16.6. The molecule has 232 valence electrons. The van der Waals surface area contributed by atoms with Gasteiger partial charge in [0.2, 0.25) is 0 Å². The number of quaternary nitrogens is 2. The van der Waals surface area contributed by atoms with E-state index in [2.05, 4.69) is 28.2 Å². The van der Waals surface area contributed by atoms with Gasteiger partial charge >= 0.3 is 11.9 Å². The Morgan fingerprint density at radius 3 is 1.77 bits per heavy atom. The SMILES string of the molecule is C[N+]1(C)[C@@H]2CC(OC(=O)[C@]3(c4ccccc4)CC[C@@H](C(=O)OC4C[C@@H]5[C@H]6O[C@@H]6[C@@H](C4)[N+]5(C)C)c4ccccc43)C[C@@H]1[C@H]1O[C@H]12. The predicted molar refractivity (Wildman–Crippen MR) is 161 cm³/mol. The van der Waals surface area contributed by atoms with E-state index in [9.17, 15) is 9.59 Å². The maximum absolute atomic E-state index is 14.6. The number of likely N-dealkylation sites (N-methyl/N-ethyl adjacent to an activating group) is 2. The van der Waals surface area contributed by atoms with Gasteiger partial charge in [0.1, 0.15) is 66.2 Å². The van der Waals surface area contributed by atoms with E-state index in [0.29, 0.717) is 61.4 Å². The molecule has 0 aromatic heterocycles. The molecule has 6 fully saturated rings. The molecular formula is C36H44N2O6+2. The number of carbonyl (C=O) groups is 2. The molecule has 0 spiro atoms. The maximum atomic E-state index is 14.6. The van der Waals surface area contributed by atoms with Crippen LogP contribution in [0.3, 0.4) is 0 Å². The standard InChI is InChI=1S/C36H44N2O6/c1-37(2)26-16-21(17-27(37)31-30(26)43-31)41-34(39)24-14-15-36(20-10-6-5-7-11-20,25-13-9-8-12-23(24)25)35(40)42-22-18-28-32-33(44-32)29(19-22)38(28,3)4/h5-13,21-22,24,26-33H,14-19H2,1-4H3/q+2/t22?,24-,26-,27-,28-,29-,30-,31-,32-,33+,36+/m1/s1. The fraction of sp³-hybridized carbons (Fsp3) is 0.611. The molecule has 8 heteroatoms. The molecule has 44 heavy (non-hydrogen) atoms. The van der Waals surface area contributed by atoms with Gasteiger partial charge in [-0.3, -0.25) is 9.59 Å². The Balaban J connectivity index is 0.998. The highest BCUT2D eigenvalue weighted by atomic mass is 16.6. The molecule has 2 aromatic carbocycles. The highest BCUT2D eigenvalue weighted by Crippen LogP contribution is 2.54. The number of hydrogen-bond donors (Lipinski definition) is 0.